The second kappa shape index (κ2) is 5.15. The standard InChI is InChI=1S/C16H21N5/c1-13-18-21-15-8-4-3-7-14(15)17-16(21)20(13)12-11-19-9-5-2-6-10-19/h3-4,7-8H,2,5-6,9-12H2,1H3/p+1. The molecule has 4 rings (SSSR count). The first-order chi connectivity index (χ1) is 10.3. The monoisotopic (exact) mass is 284 g/mol. The number of aryl methyl sites for hydroxylation is 1. The van der Waals surface area contributed by atoms with E-state index in [0.717, 1.165) is 29.2 Å². The second-order valence-electron chi connectivity index (χ2n) is 6.07. The molecule has 0 aliphatic carbocycles. The van der Waals surface area contributed by atoms with Gasteiger partial charge in [-0.2, -0.15) is 9.61 Å². The van der Waals surface area contributed by atoms with E-state index in [1.54, 1.807) is 4.90 Å². The number of para-hydroxylation sites is 2. The molecule has 5 nitrogen and oxygen atoms in total. The normalized spacial score (nSPS) is 17.0. The third-order valence-corrected chi connectivity index (χ3v) is 4.65. The fraction of sp³-hybridized carbons (Fsp3) is 0.500. The molecule has 1 aliphatic rings. The molecule has 21 heavy (non-hydrogen) atoms. The molecule has 0 amide bonds. The molecule has 2 aromatic heterocycles. The number of quaternary nitrogens is 1. The quantitative estimate of drug-likeness (QED) is 0.781. The summed E-state index contributed by atoms with van der Waals surface area (Å²) >= 11 is 0. The molecule has 1 N–H and O–H groups in total. The summed E-state index contributed by atoms with van der Waals surface area (Å²) in [7, 11) is 0. The molecule has 1 saturated heterocycles. The van der Waals surface area contributed by atoms with Crippen LogP contribution in [0.1, 0.15) is 25.1 Å². The van der Waals surface area contributed by atoms with Crippen LogP contribution in [-0.4, -0.2) is 38.8 Å². The van der Waals surface area contributed by atoms with Crippen molar-refractivity contribution in [1.82, 2.24) is 19.2 Å². The van der Waals surface area contributed by atoms with Crippen molar-refractivity contribution in [2.75, 3.05) is 19.6 Å². The average molecular weight is 284 g/mol. The number of aromatic nitrogens is 4. The van der Waals surface area contributed by atoms with Crippen molar-refractivity contribution in [3.8, 4) is 0 Å². The van der Waals surface area contributed by atoms with Crippen LogP contribution in [0, 0.1) is 6.92 Å². The molecule has 110 valence electrons. The van der Waals surface area contributed by atoms with Gasteiger partial charge in [-0.3, -0.25) is 4.57 Å². The first-order valence-electron chi connectivity index (χ1n) is 7.97. The Kier molecular flexibility index (Phi) is 3.15. The van der Waals surface area contributed by atoms with E-state index in [1.165, 1.54) is 38.9 Å². The molecule has 0 spiro atoms. The minimum atomic E-state index is 0.977. The highest BCUT2D eigenvalue weighted by molar-refractivity contribution is 5.78. The van der Waals surface area contributed by atoms with Gasteiger partial charge in [0, 0.05) is 0 Å². The van der Waals surface area contributed by atoms with Crippen molar-refractivity contribution in [3.05, 3.63) is 30.1 Å². The molecule has 3 aromatic rings. The van der Waals surface area contributed by atoms with Crippen LogP contribution in [0.3, 0.4) is 0 Å². The van der Waals surface area contributed by atoms with Gasteiger partial charge in [-0.05, 0) is 38.3 Å². The molecule has 3 heterocycles. The fourth-order valence-electron chi connectivity index (χ4n) is 3.45. The van der Waals surface area contributed by atoms with Crippen LogP contribution in [0.25, 0.3) is 16.8 Å². The third kappa shape index (κ3) is 2.21. The molecule has 1 aromatic carbocycles. The predicted molar refractivity (Wildman–Crippen MR) is 82.6 cm³/mol. The number of likely N-dealkylation sites (tertiary alicyclic amines) is 1. The van der Waals surface area contributed by atoms with E-state index in [4.69, 9.17) is 4.98 Å². The first-order valence-corrected chi connectivity index (χ1v) is 7.97. The minimum absolute atomic E-state index is 0.977. The molecule has 0 saturated carbocycles. The lowest BCUT2D eigenvalue weighted by Crippen LogP contribution is -3.13. The highest BCUT2D eigenvalue weighted by Gasteiger charge is 2.17. The molecular weight excluding hydrogens is 262 g/mol. The van der Waals surface area contributed by atoms with E-state index in [-0.39, 0.29) is 0 Å². The summed E-state index contributed by atoms with van der Waals surface area (Å²) in [6.07, 6.45) is 4.16. The summed E-state index contributed by atoms with van der Waals surface area (Å²) in [5.41, 5.74) is 2.12. The van der Waals surface area contributed by atoms with Gasteiger partial charge in [0.1, 0.15) is 5.82 Å². The van der Waals surface area contributed by atoms with Gasteiger partial charge in [-0.25, -0.2) is 4.98 Å². The van der Waals surface area contributed by atoms with Gasteiger partial charge in [0.2, 0.25) is 5.78 Å². The van der Waals surface area contributed by atoms with Gasteiger partial charge in [0.05, 0.1) is 37.2 Å². The van der Waals surface area contributed by atoms with Crippen molar-refractivity contribution in [2.45, 2.75) is 32.7 Å². The van der Waals surface area contributed by atoms with Gasteiger partial charge in [0.15, 0.2) is 0 Å². The van der Waals surface area contributed by atoms with E-state index < -0.39 is 0 Å². The number of benzene rings is 1. The Bertz CT molecular complexity index is 764. The number of hydrogen-bond donors (Lipinski definition) is 1. The Hall–Kier alpha value is -1.88. The van der Waals surface area contributed by atoms with Crippen molar-refractivity contribution >= 4 is 16.8 Å². The summed E-state index contributed by atoms with van der Waals surface area (Å²) < 4.78 is 4.25. The van der Waals surface area contributed by atoms with Crippen molar-refractivity contribution < 1.29 is 4.90 Å². The van der Waals surface area contributed by atoms with E-state index in [0.29, 0.717) is 0 Å². The Balaban J connectivity index is 1.65. The largest absolute Gasteiger partial charge is 0.333 e. The lowest BCUT2D eigenvalue weighted by Gasteiger charge is -2.23. The number of nitrogens with zero attached hydrogens (tertiary/aromatic N) is 4. The Morgan fingerprint density at radius 1 is 1.14 bits per heavy atom. The number of rotatable bonds is 3. The fourth-order valence-corrected chi connectivity index (χ4v) is 3.45. The summed E-state index contributed by atoms with van der Waals surface area (Å²) in [5.74, 6) is 2.03. The highest BCUT2D eigenvalue weighted by atomic mass is 15.4. The van der Waals surface area contributed by atoms with Crippen LogP contribution in [0.2, 0.25) is 0 Å². The molecule has 0 radical (unpaired) electrons. The topological polar surface area (TPSA) is 39.6 Å². The Labute approximate surface area is 124 Å². The number of piperidine rings is 1. The smallest absolute Gasteiger partial charge is 0.233 e. The van der Waals surface area contributed by atoms with E-state index in [1.807, 2.05) is 16.6 Å². The van der Waals surface area contributed by atoms with Crippen LogP contribution >= 0.6 is 0 Å². The summed E-state index contributed by atoms with van der Waals surface area (Å²) in [4.78, 5) is 6.48. The highest BCUT2D eigenvalue weighted by Crippen LogP contribution is 2.16. The van der Waals surface area contributed by atoms with E-state index in [9.17, 15) is 0 Å². The first kappa shape index (κ1) is 12.8. The van der Waals surface area contributed by atoms with Crippen molar-refractivity contribution in [3.63, 3.8) is 0 Å². The lowest BCUT2D eigenvalue weighted by atomic mass is 10.1. The van der Waals surface area contributed by atoms with Gasteiger partial charge < -0.3 is 4.90 Å². The molecule has 1 aliphatic heterocycles. The summed E-state index contributed by atoms with van der Waals surface area (Å²) in [6, 6.07) is 8.22. The maximum Gasteiger partial charge on any atom is 0.233 e. The van der Waals surface area contributed by atoms with Crippen LogP contribution in [0.15, 0.2) is 24.3 Å². The number of hydrogen-bond acceptors (Lipinski definition) is 2. The van der Waals surface area contributed by atoms with Crippen LogP contribution in [-0.2, 0) is 6.54 Å². The molecule has 1 fully saturated rings. The van der Waals surface area contributed by atoms with Crippen LogP contribution in [0.5, 0.6) is 0 Å². The maximum absolute atomic E-state index is 4.75. The molecule has 0 atom stereocenters. The number of imidazole rings is 1. The predicted octanol–water partition coefficient (Wildman–Crippen LogP) is 1.06. The van der Waals surface area contributed by atoms with Crippen LogP contribution in [0.4, 0.5) is 0 Å². The average Bonchev–Trinajstić information content (AvgIpc) is 3.01. The minimum Gasteiger partial charge on any atom is -0.333 e. The van der Waals surface area contributed by atoms with Gasteiger partial charge in [-0.1, -0.05) is 12.1 Å². The zero-order valence-corrected chi connectivity index (χ0v) is 12.5. The zero-order chi connectivity index (χ0) is 14.2. The number of nitrogens with one attached hydrogen (secondary N) is 1. The lowest BCUT2D eigenvalue weighted by molar-refractivity contribution is -0.905. The Morgan fingerprint density at radius 3 is 2.81 bits per heavy atom. The van der Waals surface area contributed by atoms with Gasteiger partial charge >= 0.3 is 0 Å². The number of fused-ring (bicyclic) bond motifs is 3. The van der Waals surface area contributed by atoms with Crippen molar-refractivity contribution in [2.24, 2.45) is 0 Å². The summed E-state index contributed by atoms with van der Waals surface area (Å²) in [5, 5.41) is 4.67. The maximum atomic E-state index is 4.75. The summed E-state index contributed by atoms with van der Waals surface area (Å²) in [6.45, 7) is 6.90. The third-order valence-electron chi connectivity index (χ3n) is 4.65. The van der Waals surface area contributed by atoms with Crippen molar-refractivity contribution in [1.29, 1.82) is 0 Å². The van der Waals surface area contributed by atoms with E-state index >= 15 is 0 Å². The second-order valence-corrected chi connectivity index (χ2v) is 6.07. The van der Waals surface area contributed by atoms with Gasteiger partial charge in [-0.15, -0.1) is 0 Å². The molecule has 0 unspecified atom stereocenters. The molecule has 0 bridgehead atoms. The molecule has 5 heteroatoms. The molecular formula is C16H22N5+. The Morgan fingerprint density at radius 2 is 1.95 bits per heavy atom. The zero-order valence-electron chi connectivity index (χ0n) is 12.5. The van der Waals surface area contributed by atoms with E-state index in [2.05, 4.69) is 28.7 Å². The SMILES string of the molecule is Cc1nn2c3ccccc3nc2n1CC[NH+]1CCCCC1. The van der Waals surface area contributed by atoms with Gasteiger partial charge in [0.25, 0.3) is 0 Å². The van der Waals surface area contributed by atoms with Crippen LogP contribution < -0.4 is 4.90 Å².